The average Bonchev–Trinajstić information content (AvgIpc) is 2.42. The molecule has 0 fully saturated rings. The molecule has 106 valence electrons. The van der Waals surface area contributed by atoms with E-state index >= 15 is 0 Å². The normalized spacial score (nSPS) is 10.2. The van der Waals surface area contributed by atoms with Crippen molar-refractivity contribution in [2.45, 2.75) is 19.8 Å². The predicted octanol–water partition coefficient (Wildman–Crippen LogP) is 2.28. The summed E-state index contributed by atoms with van der Waals surface area (Å²) >= 11 is 0. The summed E-state index contributed by atoms with van der Waals surface area (Å²) in [4.78, 5) is 11.9. The van der Waals surface area contributed by atoms with Gasteiger partial charge >= 0.3 is 5.97 Å². The molecule has 0 aliphatic rings. The molecule has 0 amide bonds. The summed E-state index contributed by atoms with van der Waals surface area (Å²) in [5.41, 5.74) is 7.48. The largest absolute Gasteiger partial charge is 0.462 e. The number of hydrogen-bond acceptors (Lipinski definition) is 5. The standard InChI is InChI=1S/C14H22N2O3/c1-3-8-19-14(17)12-10-11(15)5-6-13(12)16-7-4-9-18-2/h5-6,10,16H,3-4,7-9,15H2,1-2H3. The second-order valence-corrected chi connectivity index (χ2v) is 4.21. The highest BCUT2D eigenvalue weighted by Crippen LogP contribution is 2.20. The van der Waals surface area contributed by atoms with Crippen LogP contribution in [0.25, 0.3) is 0 Å². The molecule has 0 aromatic heterocycles. The smallest absolute Gasteiger partial charge is 0.340 e. The van der Waals surface area contributed by atoms with Gasteiger partial charge in [-0.3, -0.25) is 0 Å². The van der Waals surface area contributed by atoms with E-state index in [2.05, 4.69) is 5.32 Å². The summed E-state index contributed by atoms with van der Waals surface area (Å²) in [6.45, 7) is 3.77. The molecule has 0 heterocycles. The fraction of sp³-hybridized carbons (Fsp3) is 0.500. The molecule has 5 nitrogen and oxygen atoms in total. The van der Waals surface area contributed by atoms with Crippen LogP contribution in [-0.2, 0) is 9.47 Å². The van der Waals surface area contributed by atoms with Crippen molar-refractivity contribution < 1.29 is 14.3 Å². The van der Waals surface area contributed by atoms with Gasteiger partial charge in [-0.15, -0.1) is 0 Å². The molecule has 0 radical (unpaired) electrons. The molecule has 0 spiro atoms. The van der Waals surface area contributed by atoms with Crippen molar-refractivity contribution in [3.63, 3.8) is 0 Å². The van der Waals surface area contributed by atoms with Crippen LogP contribution < -0.4 is 11.1 Å². The van der Waals surface area contributed by atoms with Gasteiger partial charge in [0.1, 0.15) is 0 Å². The van der Waals surface area contributed by atoms with Crippen molar-refractivity contribution >= 4 is 17.3 Å². The fourth-order valence-electron chi connectivity index (χ4n) is 1.60. The first kappa shape index (κ1) is 15.3. The third kappa shape index (κ3) is 5.18. The van der Waals surface area contributed by atoms with Crippen molar-refractivity contribution in [1.82, 2.24) is 0 Å². The van der Waals surface area contributed by atoms with Gasteiger partial charge in [-0.05, 0) is 31.0 Å². The number of nitrogens with two attached hydrogens (primary N) is 1. The lowest BCUT2D eigenvalue weighted by atomic mass is 10.1. The van der Waals surface area contributed by atoms with Gasteiger partial charge in [-0.2, -0.15) is 0 Å². The Hall–Kier alpha value is -1.75. The predicted molar refractivity (Wildman–Crippen MR) is 76.4 cm³/mol. The van der Waals surface area contributed by atoms with Gasteiger partial charge in [0.15, 0.2) is 0 Å². The number of anilines is 2. The second-order valence-electron chi connectivity index (χ2n) is 4.21. The van der Waals surface area contributed by atoms with Gasteiger partial charge < -0.3 is 20.5 Å². The molecule has 0 bridgehead atoms. The molecule has 1 rings (SSSR count). The Labute approximate surface area is 114 Å². The number of nitrogen functional groups attached to an aromatic ring is 1. The lowest BCUT2D eigenvalue weighted by Crippen LogP contribution is -2.12. The summed E-state index contributed by atoms with van der Waals surface area (Å²) in [6, 6.07) is 5.19. The van der Waals surface area contributed by atoms with E-state index in [1.165, 1.54) is 0 Å². The zero-order valence-corrected chi connectivity index (χ0v) is 11.6. The molecular weight excluding hydrogens is 244 g/mol. The van der Waals surface area contributed by atoms with Crippen LogP contribution >= 0.6 is 0 Å². The van der Waals surface area contributed by atoms with Gasteiger partial charge in [0.2, 0.25) is 0 Å². The van der Waals surface area contributed by atoms with Crippen LogP contribution in [0.15, 0.2) is 18.2 Å². The number of methoxy groups -OCH3 is 1. The first-order valence-corrected chi connectivity index (χ1v) is 6.48. The maximum absolute atomic E-state index is 11.9. The summed E-state index contributed by atoms with van der Waals surface area (Å²) in [5, 5.41) is 3.20. The van der Waals surface area contributed by atoms with Crippen LogP contribution in [0.5, 0.6) is 0 Å². The number of ether oxygens (including phenoxy) is 2. The minimum Gasteiger partial charge on any atom is -0.462 e. The summed E-state index contributed by atoms with van der Waals surface area (Å²) in [6.07, 6.45) is 1.66. The highest BCUT2D eigenvalue weighted by atomic mass is 16.5. The topological polar surface area (TPSA) is 73.6 Å². The van der Waals surface area contributed by atoms with Gasteiger partial charge in [0, 0.05) is 31.6 Å². The highest BCUT2D eigenvalue weighted by molar-refractivity contribution is 5.96. The third-order valence-corrected chi connectivity index (χ3v) is 2.54. The van der Waals surface area contributed by atoms with Crippen LogP contribution in [0, 0.1) is 0 Å². The Balaban J connectivity index is 2.70. The summed E-state index contributed by atoms with van der Waals surface area (Å²) in [7, 11) is 1.66. The Kier molecular flexibility index (Phi) is 6.74. The number of benzene rings is 1. The van der Waals surface area contributed by atoms with Crippen molar-refractivity contribution in [1.29, 1.82) is 0 Å². The highest BCUT2D eigenvalue weighted by Gasteiger charge is 2.12. The van der Waals surface area contributed by atoms with Gasteiger partial charge in [0.25, 0.3) is 0 Å². The minimum atomic E-state index is -0.344. The van der Waals surface area contributed by atoms with Crippen LogP contribution in [0.3, 0.4) is 0 Å². The summed E-state index contributed by atoms with van der Waals surface area (Å²) in [5.74, 6) is -0.344. The quantitative estimate of drug-likeness (QED) is 0.429. The molecule has 1 aromatic rings. The molecule has 0 saturated carbocycles. The molecular formula is C14H22N2O3. The third-order valence-electron chi connectivity index (χ3n) is 2.54. The van der Waals surface area contributed by atoms with Crippen LogP contribution in [0.2, 0.25) is 0 Å². The molecule has 0 aliphatic heterocycles. The van der Waals surface area contributed by atoms with E-state index in [-0.39, 0.29) is 5.97 Å². The zero-order chi connectivity index (χ0) is 14.1. The molecule has 5 heteroatoms. The summed E-state index contributed by atoms with van der Waals surface area (Å²) < 4.78 is 10.1. The molecule has 0 unspecified atom stereocenters. The Bertz CT molecular complexity index is 408. The van der Waals surface area contributed by atoms with E-state index in [9.17, 15) is 4.79 Å². The lowest BCUT2D eigenvalue weighted by molar-refractivity contribution is 0.0506. The van der Waals surface area contributed by atoms with Crippen molar-refractivity contribution in [3.8, 4) is 0 Å². The monoisotopic (exact) mass is 266 g/mol. The maximum Gasteiger partial charge on any atom is 0.340 e. The number of hydrogen-bond donors (Lipinski definition) is 2. The SMILES string of the molecule is CCCOC(=O)c1cc(N)ccc1NCCCOC. The lowest BCUT2D eigenvalue weighted by Gasteiger charge is -2.12. The zero-order valence-electron chi connectivity index (χ0n) is 11.6. The number of esters is 1. The second kappa shape index (κ2) is 8.37. The van der Waals surface area contributed by atoms with Crippen LogP contribution in [0.4, 0.5) is 11.4 Å². The van der Waals surface area contributed by atoms with E-state index in [1.807, 2.05) is 6.92 Å². The van der Waals surface area contributed by atoms with E-state index in [4.69, 9.17) is 15.2 Å². The number of carbonyl (C=O) groups is 1. The van der Waals surface area contributed by atoms with Crippen molar-refractivity contribution in [2.24, 2.45) is 0 Å². The molecule has 0 saturated heterocycles. The molecule has 0 aliphatic carbocycles. The van der Waals surface area contributed by atoms with E-state index < -0.39 is 0 Å². The average molecular weight is 266 g/mol. The number of nitrogens with one attached hydrogen (secondary N) is 1. The van der Waals surface area contributed by atoms with Crippen LogP contribution in [0.1, 0.15) is 30.1 Å². The van der Waals surface area contributed by atoms with Crippen LogP contribution in [-0.4, -0.2) is 32.8 Å². The Morgan fingerprint density at radius 3 is 2.84 bits per heavy atom. The number of carbonyl (C=O) groups excluding carboxylic acids is 1. The fourth-order valence-corrected chi connectivity index (χ4v) is 1.60. The Morgan fingerprint density at radius 1 is 1.37 bits per heavy atom. The van der Waals surface area contributed by atoms with Gasteiger partial charge in [-0.25, -0.2) is 4.79 Å². The van der Waals surface area contributed by atoms with E-state index in [0.29, 0.717) is 24.5 Å². The maximum atomic E-state index is 11.9. The van der Waals surface area contributed by atoms with E-state index in [1.54, 1.807) is 25.3 Å². The van der Waals surface area contributed by atoms with Crippen molar-refractivity contribution in [2.75, 3.05) is 37.9 Å². The molecule has 0 atom stereocenters. The number of rotatable bonds is 8. The molecule has 1 aromatic carbocycles. The van der Waals surface area contributed by atoms with Gasteiger partial charge in [0.05, 0.1) is 12.2 Å². The first-order valence-electron chi connectivity index (χ1n) is 6.48. The molecule has 19 heavy (non-hydrogen) atoms. The van der Waals surface area contributed by atoms with Crippen molar-refractivity contribution in [3.05, 3.63) is 23.8 Å². The Morgan fingerprint density at radius 2 is 2.16 bits per heavy atom. The molecule has 3 N–H and O–H groups in total. The van der Waals surface area contributed by atoms with E-state index in [0.717, 1.165) is 25.1 Å². The first-order chi connectivity index (χ1) is 9.19. The van der Waals surface area contributed by atoms with Gasteiger partial charge in [-0.1, -0.05) is 6.92 Å². The minimum absolute atomic E-state index is 0.344.